The number of morpholine rings is 1. The van der Waals surface area contributed by atoms with Gasteiger partial charge < -0.3 is 14.5 Å². The molecule has 2 heterocycles. The first-order valence-corrected chi connectivity index (χ1v) is 13.1. The first-order valence-electron chi connectivity index (χ1n) is 11.6. The molecule has 1 fully saturated rings. The second-order valence-corrected chi connectivity index (χ2v) is 10.4. The monoisotopic (exact) mass is 497 g/mol. The van der Waals surface area contributed by atoms with Crippen LogP contribution in [0.4, 0.5) is 5.69 Å². The quantitative estimate of drug-likeness (QED) is 0.491. The van der Waals surface area contributed by atoms with Crippen LogP contribution in [0.15, 0.2) is 63.9 Å². The van der Waals surface area contributed by atoms with Crippen molar-refractivity contribution in [2.45, 2.75) is 31.7 Å². The van der Waals surface area contributed by atoms with Gasteiger partial charge >= 0.3 is 0 Å². The molecule has 8 nitrogen and oxygen atoms in total. The highest BCUT2D eigenvalue weighted by Crippen LogP contribution is 2.24. The highest BCUT2D eigenvalue weighted by Gasteiger charge is 2.26. The van der Waals surface area contributed by atoms with Crippen molar-refractivity contribution in [3.05, 3.63) is 82.8 Å². The van der Waals surface area contributed by atoms with Gasteiger partial charge in [-0.1, -0.05) is 6.07 Å². The Morgan fingerprint density at radius 2 is 1.69 bits per heavy atom. The number of ether oxygens (including phenoxy) is 1. The van der Waals surface area contributed by atoms with E-state index < -0.39 is 10.0 Å². The Hall–Kier alpha value is -3.14. The number of hydrogen-bond donors (Lipinski definition) is 2. The van der Waals surface area contributed by atoms with Crippen molar-refractivity contribution in [1.82, 2.24) is 10.2 Å². The maximum Gasteiger partial charge on any atom is 0.261 e. The Morgan fingerprint density at radius 1 is 0.971 bits per heavy atom. The molecule has 0 radical (unpaired) electrons. The summed E-state index contributed by atoms with van der Waals surface area (Å²) in [5.74, 6) is 1.39. The average molecular weight is 498 g/mol. The lowest BCUT2D eigenvalue weighted by Crippen LogP contribution is -2.43. The van der Waals surface area contributed by atoms with Gasteiger partial charge in [-0.2, -0.15) is 0 Å². The number of anilines is 1. The highest BCUT2D eigenvalue weighted by molar-refractivity contribution is 7.92. The number of sulfonamides is 1. The molecule has 0 bridgehead atoms. The van der Waals surface area contributed by atoms with Gasteiger partial charge in [-0.05, 0) is 80.4 Å². The number of furan rings is 1. The van der Waals surface area contributed by atoms with Crippen LogP contribution in [0.25, 0.3) is 0 Å². The summed E-state index contributed by atoms with van der Waals surface area (Å²) >= 11 is 0. The van der Waals surface area contributed by atoms with Crippen LogP contribution in [0.3, 0.4) is 0 Å². The molecular formula is C26H31N3O5S. The maximum absolute atomic E-state index is 12.8. The third-order valence-corrected chi connectivity index (χ3v) is 7.60. The third kappa shape index (κ3) is 6.11. The summed E-state index contributed by atoms with van der Waals surface area (Å²) in [6.07, 6.45) is 0. The van der Waals surface area contributed by atoms with E-state index in [4.69, 9.17) is 9.15 Å². The molecule has 1 amide bonds. The predicted molar refractivity (Wildman–Crippen MR) is 134 cm³/mol. The number of carbonyl (C=O) groups excluding carboxylic acids is 1. The van der Waals surface area contributed by atoms with E-state index in [0.29, 0.717) is 31.0 Å². The minimum Gasteiger partial charge on any atom is -0.465 e. The van der Waals surface area contributed by atoms with Crippen molar-refractivity contribution in [2.75, 3.05) is 37.6 Å². The first-order chi connectivity index (χ1) is 16.7. The van der Waals surface area contributed by atoms with Crippen molar-refractivity contribution in [3.63, 3.8) is 0 Å². The Balaban J connectivity index is 1.41. The molecule has 3 aromatic rings. The van der Waals surface area contributed by atoms with Gasteiger partial charge in [0, 0.05) is 30.9 Å². The number of amides is 1. The van der Waals surface area contributed by atoms with Crippen molar-refractivity contribution in [2.24, 2.45) is 0 Å². The normalized spacial score (nSPS) is 15.5. The zero-order chi connectivity index (χ0) is 25.0. The molecule has 1 unspecified atom stereocenters. The lowest BCUT2D eigenvalue weighted by Gasteiger charge is -2.33. The van der Waals surface area contributed by atoms with Crippen molar-refractivity contribution < 1.29 is 22.4 Å². The lowest BCUT2D eigenvalue weighted by atomic mass is 10.1. The molecule has 1 aromatic heterocycles. The molecule has 2 aromatic carbocycles. The molecule has 1 saturated heterocycles. The summed E-state index contributed by atoms with van der Waals surface area (Å²) in [6.45, 7) is 8.89. The SMILES string of the molecule is Cc1ccc(C(CNC(=O)c2ccc(NS(=O)(=O)c3ccc(C)c(C)c3)cc2)N2CCOCC2)o1. The zero-order valence-electron chi connectivity index (χ0n) is 20.2. The van der Waals surface area contributed by atoms with Crippen LogP contribution >= 0.6 is 0 Å². The molecule has 0 spiro atoms. The molecule has 186 valence electrons. The van der Waals surface area contributed by atoms with Gasteiger partial charge in [-0.3, -0.25) is 14.4 Å². The van der Waals surface area contributed by atoms with Gasteiger partial charge in [0.15, 0.2) is 0 Å². The predicted octanol–water partition coefficient (Wildman–Crippen LogP) is 3.81. The Morgan fingerprint density at radius 3 is 2.31 bits per heavy atom. The van der Waals surface area contributed by atoms with Gasteiger partial charge in [-0.15, -0.1) is 0 Å². The van der Waals surface area contributed by atoms with E-state index >= 15 is 0 Å². The Bertz CT molecular complexity index is 1280. The summed E-state index contributed by atoms with van der Waals surface area (Å²) in [4.78, 5) is 15.3. The van der Waals surface area contributed by atoms with E-state index in [1.54, 1.807) is 42.5 Å². The largest absolute Gasteiger partial charge is 0.465 e. The smallest absolute Gasteiger partial charge is 0.261 e. The Kier molecular flexibility index (Phi) is 7.59. The first kappa shape index (κ1) is 25.0. The second kappa shape index (κ2) is 10.6. The standard InChI is InChI=1S/C26H31N3O5S/c1-18-4-10-23(16-19(18)2)35(31,32)28-22-8-6-21(7-9-22)26(30)27-17-24(25-11-5-20(3)34-25)29-12-14-33-15-13-29/h4-11,16,24,28H,12-15,17H2,1-3H3,(H,27,30). The van der Waals surface area contributed by atoms with Crippen LogP contribution in [0, 0.1) is 20.8 Å². The summed E-state index contributed by atoms with van der Waals surface area (Å²) < 4.78 is 39.4. The van der Waals surface area contributed by atoms with Crippen molar-refractivity contribution in [3.8, 4) is 0 Å². The molecule has 1 atom stereocenters. The molecule has 0 saturated carbocycles. The van der Waals surface area contributed by atoms with Crippen LogP contribution in [-0.2, 0) is 14.8 Å². The Labute approximate surface area is 206 Å². The molecule has 1 aliphatic heterocycles. The van der Waals surface area contributed by atoms with E-state index in [2.05, 4.69) is 14.9 Å². The zero-order valence-corrected chi connectivity index (χ0v) is 21.0. The van der Waals surface area contributed by atoms with Crippen molar-refractivity contribution >= 4 is 21.6 Å². The molecular weight excluding hydrogens is 466 g/mol. The summed E-state index contributed by atoms with van der Waals surface area (Å²) in [6, 6.07) is 15.2. The fourth-order valence-corrected chi connectivity index (χ4v) is 5.15. The van der Waals surface area contributed by atoms with E-state index in [9.17, 15) is 13.2 Å². The fraction of sp³-hybridized carbons (Fsp3) is 0.346. The minimum atomic E-state index is -3.72. The van der Waals surface area contributed by atoms with Gasteiger partial charge in [0.2, 0.25) is 0 Å². The summed E-state index contributed by atoms with van der Waals surface area (Å²) in [5.41, 5.74) is 2.75. The molecule has 2 N–H and O–H groups in total. The summed E-state index contributed by atoms with van der Waals surface area (Å²) in [7, 11) is -3.72. The molecule has 9 heteroatoms. The van der Waals surface area contributed by atoms with Crippen LogP contribution in [0.1, 0.15) is 39.0 Å². The van der Waals surface area contributed by atoms with Gasteiger partial charge in [-0.25, -0.2) is 8.42 Å². The third-order valence-electron chi connectivity index (χ3n) is 6.22. The number of carbonyl (C=O) groups is 1. The number of nitrogens with one attached hydrogen (secondary N) is 2. The maximum atomic E-state index is 12.8. The van der Waals surface area contributed by atoms with E-state index in [-0.39, 0.29) is 16.8 Å². The molecule has 4 rings (SSSR count). The molecule has 1 aliphatic rings. The van der Waals surface area contributed by atoms with Crippen LogP contribution in [-0.4, -0.2) is 52.1 Å². The second-order valence-electron chi connectivity index (χ2n) is 8.75. The number of hydrogen-bond acceptors (Lipinski definition) is 6. The van der Waals surface area contributed by atoms with E-state index in [0.717, 1.165) is 35.7 Å². The average Bonchev–Trinajstić information content (AvgIpc) is 3.27. The van der Waals surface area contributed by atoms with E-state index in [1.807, 2.05) is 32.9 Å². The number of rotatable bonds is 8. The van der Waals surface area contributed by atoms with Gasteiger partial charge in [0.1, 0.15) is 11.5 Å². The molecule has 35 heavy (non-hydrogen) atoms. The van der Waals surface area contributed by atoms with Crippen LogP contribution in [0.2, 0.25) is 0 Å². The highest BCUT2D eigenvalue weighted by atomic mass is 32.2. The van der Waals surface area contributed by atoms with Crippen LogP contribution < -0.4 is 10.0 Å². The number of nitrogens with zero attached hydrogens (tertiary/aromatic N) is 1. The van der Waals surface area contributed by atoms with E-state index in [1.165, 1.54) is 0 Å². The van der Waals surface area contributed by atoms with Gasteiger partial charge in [0.25, 0.3) is 15.9 Å². The lowest BCUT2D eigenvalue weighted by molar-refractivity contribution is 0.0117. The number of aryl methyl sites for hydroxylation is 3. The molecule has 0 aliphatic carbocycles. The number of benzene rings is 2. The fourth-order valence-electron chi connectivity index (χ4n) is 4.01. The topological polar surface area (TPSA) is 101 Å². The minimum absolute atomic E-state index is 0.0967. The van der Waals surface area contributed by atoms with Crippen LogP contribution in [0.5, 0.6) is 0 Å². The van der Waals surface area contributed by atoms with Crippen molar-refractivity contribution in [1.29, 1.82) is 0 Å². The van der Waals surface area contributed by atoms with Gasteiger partial charge in [0.05, 0.1) is 24.2 Å². The summed E-state index contributed by atoms with van der Waals surface area (Å²) in [5, 5.41) is 2.99.